The molecule has 198 valence electrons. The Morgan fingerprint density at radius 3 is 2.39 bits per heavy atom. The second-order valence-corrected chi connectivity index (χ2v) is 10.2. The highest BCUT2D eigenvalue weighted by molar-refractivity contribution is 7.20. The molecule has 11 heteroatoms. The maximum absolute atomic E-state index is 13.2. The highest BCUT2D eigenvalue weighted by Gasteiger charge is 2.29. The van der Waals surface area contributed by atoms with Gasteiger partial charge < -0.3 is 19.9 Å². The van der Waals surface area contributed by atoms with Crippen LogP contribution in [0.2, 0.25) is 0 Å². The zero-order valence-corrected chi connectivity index (χ0v) is 22.1. The van der Waals surface area contributed by atoms with Crippen LogP contribution >= 0.6 is 11.3 Å². The fourth-order valence-electron chi connectivity index (χ4n) is 3.77. The van der Waals surface area contributed by atoms with Crippen LogP contribution in [0.15, 0.2) is 64.2 Å². The van der Waals surface area contributed by atoms with Gasteiger partial charge in [-0.05, 0) is 55.3 Å². The topological polar surface area (TPSA) is 129 Å². The largest absolute Gasteiger partial charge is 0.497 e. The molecular formula is C27H27N3O7S. The summed E-state index contributed by atoms with van der Waals surface area (Å²) in [5.74, 6) is -0.430. The molecule has 0 unspecified atom stereocenters. The first kappa shape index (κ1) is 26.7. The molecule has 0 saturated heterocycles. The predicted octanol–water partition coefficient (Wildman–Crippen LogP) is 2.99. The Morgan fingerprint density at radius 2 is 1.74 bits per heavy atom. The number of nitrogens with one attached hydrogen (secondary N) is 1. The molecule has 2 heterocycles. The third-order valence-electron chi connectivity index (χ3n) is 5.97. The van der Waals surface area contributed by atoms with Gasteiger partial charge in [-0.15, -0.1) is 11.3 Å². The number of benzene rings is 2. The van der Waals surface area contributed by atoms with Gasteiger partial charge in [0.25, 0.3) is 11.5 Å². The lowest BCUT2D eigenvalue weighted by Gasteiger charge is -2.21. The first-order chi connectivity index (χ1) is 18.0. The van der Waals surface area contributed by atoms with E-state index < -0.39 is 22.8 Å². The van der Waals surface area contributed by atoms with Gasteiger partial charge in [0, 0.05) is 13.6 Å². The summed E-state index contributed by atoms with van der Waals surface area (Å²) < 4.78 is 13.2. The second kappa shape index (κ2) is 10.5. The van der Waals surface area contributed by atoms with Crippen LogP contribution in [0.3, 0.4) is 0 Å². The van der Waals surface area contributed by atoms with E-state index in [0.717, 1.165) is 21.5 Å². The molecule has 0 atom stereocenters. The lowest BCUT2D eigenvalue weighted by molar-refractivity contribution is -0.152. The third-order valence-corrected chi connectivity index (χ3v) is 7.18. The molecule has 1 amide bonds. The summed E-state index contributed by atoms with van der Waals surface area (Å²) in [5.41, 5.74) is -0.915. The average Bonchev–Trinajstić information content (AvgIpc) is 3.35. The Kier molecular flexibility index (Phi) is 7.40. The smallest absolute Gasteiger partial charge is 0.347 e. The van der Waals surface area contributed by atoms with E-state index in [1.54, 1.807) is 38.4 Å². The second-order valence-electron chi connectivity index (χ2n) is 9.16. The van der Waals surface area contributed by atoms with Crippen molar-refractivity contribution in [1.82, 2.24) is 14.5 Å². The minimum Gasteiger partial charge on any atom is -0.497 e. The lowest BCUT2D eigenvalue weighted by Crippen LogP contribution is -2.39. The number of methoxy groups -OCH3 is 1. The van der Waals surface area contributed by atoms with Crippen molar-refractivity contribution in [3.63, 3.8) is 0 Å². The van der Waals surface area contributed by atoms with Crippen molar-refractivity contribution in [2.45, 2.75) is 32.5 Å². The number of rotatable bonds is 9. The number of carboxylic acid groups (broad SMARTS) is 1. The standard InChI is InChI=1S/C27H27N3O7S/c1-27(2,25(33)34)37-18-10-8-16(9-11-18)15-30-23(32)20-13-21(38-24(20)29(3)26(30)35)22(31)28-14-17-6-5-7-19(12-17)36-4/h5-13H,14-15H2,1-4H3,(H,28,31)(H,33,34). The maximum Gasteiger partial charge on any atom is 0.347 e. The van der Waals surface area contributed by atoms with E-state index in [-0.39, 0.29) is 24.4 Å². The zero-order chi connectivity index (χ0) is 27.6. The first-order valence-corrected chi connectivity index (χ1v) is 12.5. The number of nitrogens with zero attached hydrogens (tertiary/aromatic N) is 2. The number of thiophene rings is 1. The van der Waals surface area contributed by atoms with Gasteiger partial charge in [0.2, 0.25) is 0 Å². The predicted molar refractivity (Wildman–Crippen MR) is 143 cm³/mol. The number of fused-ring (bicyclic) bond motifs is 1. The van der Waals surface area contributed by atoms with Gasteiger partial charge in [-0.1, -0.05) is 24.3 Å². The SMILES string of the molecule is COc1cccc(CNC(=O)c2cc3c(=O)n(Cc4ccc(OC(C)(C)C(=O)O)cc4)c(=O)n(C)c3s2)c1. The molecular weight excluding hydrogens is 510 g/mol. The minimum atomic E-state index is -1.41. The van der Waals surface area contributed by atoms with E-state index in [1.165, 1.54) is 24.5 Å². The molecule has 0 aliphatic carbocycles. The van der Waals surface area contributed by atoms with Gasteiger partial charge >= 0.3 is 11.7 Å². The molecule has 2 aromatic carbocycles. The molecule has 0 radical (unpaired) electrons. The molecule has 10 nitrogen and oxygen atoms in total. The zero-order valence-electron chi connectivity index (χ0n) is 21.3. The molecule has 2 N–H and O–H groups in total. The number of hydrogen-bond acceptors (Lipinski definition) is 7. The Labute approximate surface area is 221 Å². The summed E-state index contributed by atoms with van der Waals surface area (Å²) in [6, 6.07) is 15.3. The number of carboxylic acids is 1. The fraction of sp³-hybridized carbons (Fsp3) is 0.259. The van der Waals surface area contributed by atoms with E-state index in [9.17, 15) is 24.3 Å². The third kappa shape index (κ3) is 5.47. The van der Waals surface area contributed by atoms with Crippen LogP contribution in [0.5, 0.6) is 11.5 Å². The van der Waals surface area contributed by atoms with Gasteiger partial charge in [0.05, 0.1) is 23.9 Å². The van der Waals surface area contributed by atoms with Gasteiger partial charge in [0.15, 0.2) is 5.60 Å². The van der Waals surface area contributed by atoms with Crippen molar-refractivity contribution >= 4 is 33.4 Å². The Morgan fingerprint density at radius 1 is 1.03 bits per heavy atom. The number of ether oxygens (including phenoxy) is 2. The van der Waals surface area contributed by atoms with E-state index in [2.05, 4.69) is 5.32 Å². The van der Waals surface area contributed by atoms with Crippen molar-refractivity contribution in [3.05, 3.63) is 91.4 Å². The summed E-state index contributed by atoms with van der Waals surface area (Å²) in [6.07, 6.45) is 0. The average molecular weight is 538 g/mol. The number of aliphatic carboxylic acids is 1. The highest BCUT2D eigenvalue weighted by Crippen LogP contribution is 2.23. The van der Waals surface area contributed by atoms with Crippen molar-refractivity contribution < 1.29 is 24.2 Å². The Hall–Kier alpha value is -4.38. The molecule has 4 rings (SSSR count). The number of carbonyl (C=O) groups excluding carboxylic acids is 1. The molecule has 4 aromatic rings. The van der Waals surface area contributed by atoms with Gasteiger partial charge in [-0.25, -0.2) is 9.59 Å². The van der Waals surface area contributed by atoms with Crippen LogP contribution in [0, 0.1) is 0 Å². The number of carbonyl (C=O) groups is 2. The Balaban J connectivity index is 1.56. The number of aromatic nitrogens is 2. The van der Waals surface area contributed by atoms with Crippen LogP contribution in [0.1, 0.15) is 34.6 Å². The lowest BCUT2D eigenvalue weighted by atomic mass is 10.1. The summed E-state index contributed by atoms with van der Waals surface area (Å²) in [7, 11) is 3.12. The summed E-state index contributed by atoms with van der Waals surface area (Å²) >= 11 is 1.08. The normalized spacial score (nSPS) is 11.4. The molecule has 2 aromatic heterocycles. The van der Waals surface area contributed by atoms with E-state index in [0.29, 0.717) is 26.8 Å². The molecule has 0 saturated carbocycles. The van der Waals surface area contributed by atoms with Crippen LogP contribution < -0.4 is 26.0 Å². The van der Waals surface area contributed by atoms with Crippen molar-refractivity contribution in [2.75, 3.05) is 7.11 Å². The Bertz CT molecular complexity index is 1630. The quantitative estimate of drug-likeness (QED) is 0.336. The van der Waals surface area contributed by atoms with Crippen molar-refractivity contribution in [1.29, 1.82) is 0 Å². The van der Waals surface area contributed by atoms with Crippen molar-refractivity contribution in [2.24, 2.45) is 7.05 Å². The molecule has 0 bridgehead atoms. The molecule has 0 aliphatic heterocycles. The van der Waals surface area contributed by atoms with Crippen LogP contribution in [0.4, 0.5) is 0 Å². The fourth-order valence-corrected chi connectivity index (χ4v) is 4.79. The summed E-state index contributed by atoms with van der Waals surface area (Å²) in [6.45, 7) is 3.15. The van der Waals surface area contributed by atoms with Crippen LogP contribution in [-0.4, -0.2) is 38.8 Å². The molecule has 38 heavy (non-hydrogen) atoms. The molecule has 0 aliphatic rings. The van der Waals surface area contributed by atoms with Gasteiger partial charge in [0.1, 0.15) is 16.3 Å². The number of hydrogen-bond donors (Lipinski definition) is 2. The summed E-state index contributed by atoms with van der Waals surface area (Å²) in [5, 5.41) is 12.3. The minimum absolute atomic E-state index is 0.00271. The van der Waals surface area contributed by atoms with E-state index in [1.807, 2.05) is 24.3 Å². The number of aryl methyl sites for hydroxylation is 1. The maximum atomic E-state index is 13.2. The highest BCUT2D eigenvalue weighted by atomic mass is 32.1. The van der Waals surface area contributed by atoms with Gasteiger partial charge in [-0.2, -0.15) is 0 Å². The molecule has 0 spiro atoms. The molecule has 0 fully saturated rings. The van der Waals surface area contributed by atoms with Crippen LogP contribution in [0.25, 0.3) is 10.2 Å². The van der Waals surface area contributed by atoms with E-state index >= 15 is 0 Å². The summed E-state index contributed by atoms with van der Waals surface area (Å²) in [4.78, 5) is 51.1. The van der Waals surface area contributed by atoms with E-state index in [4.69, 9.17) is 9.47 Å². The number of amides is 1. The first-order valence-electron chi connectivity index (χ1n) is 11.7. The van der Waals surface area contributed by atoms with Crippen LogP contribution in [-0.2, 0) is 24.9 Å². The van der Waals surface area contributed by atoms with Gasteiger partial charge in [-0.3, -0.25) is 18.7 Å². The van der Waals surface area contributed by atoms with Crippen molar-refractivity contribution in [3.8, 4) is 11.5 Å². The monoisotopic (exact) mass is 537 g/mol.